The first-order valence-corrected chi connectivity index (χ1v) is 20.2. The van der Waals surface area contributed by atoms with Gasteiger partial charge in [-0.25, -0.2) is 0 Å². The van der Waals surface area contributed by atoms with E-state index in [1.165, 1.54) is 88.3 Å². The maximum absolute atomic E-state index is 2.55. The number of rotatable bonds is 5. The third-order valence-corrected chi connectivity index (χ3v) is 13.1. The van der Waals surface area contributed by atoms with Gasteiger partial charge in [0, 0.05) is 27.3 Å². The Morgan fingerprint density at radius 2 is 0.825 bits per heavy atom. The van der Waals surface area contributed by atoms with Gasteiger partial charge in [-0.1, -0.05) is 191 Å². The lowest BCUT2D eigenvalue weighted by Gasteiger charge is -2.32. The van der Waals surface area contributed by atoms with Gasteiger partial charge in [-0.05, 0) is 96.1 Å². The number of anilines is 3. The van der Waals surface area contributed by atoms with Crippen LogP contribution in [0.1, 0.15) is 49.9 Å². The molecule has 0 N–H and O–H groups in total. The molecule has 0 amide bonds. The molecule has 272 valence electrons. The van der Waals surface area contributed by atoms with Gasteiger partial charge in [-0.2, -0.15) is 0 Å². The van der Waals surface area contributed by atoms with E-state index in [1.54, 1.807) is 0 Å². The van der Waals surface area contributed by atoms with Gasteiger partial charge in [0.15, 0.2) is 0 Å². The summed E-state index contributed by atoms with van der Waals surface area (Å²) in [6, 6.07) is 70.1. The zero-order valence-corrected chi connectivity index (χ0v) is 32.8. The maximum Gasteiger partial charge on any atom is 0.0540 e. The van der Waals surface area contributed by atoms with Crippen molar-refractivity contribution < 1.29 is 0 Å². The van der Waals surface area contributed by atoms with Crippen LogP contribution in [0.4, 0.5) is 17.1 Å². The lowest BCUT2D eigenvalue weighted by Crippen LogP contribution is -2.17. The predicted octanol–water partition coefficient (Wildman–Crippen LogP) is 15.4. The molecule has 0 aliphatic heterocycles. The summed E-state index contributed by atoms with van der Waals surface area (Å²) >= 11 is 0. The van der Waals surface area contributed by atoms with Crippen LogP contribution < -0.4 is 4.90 Å². The Kier molecular flexibility index (Phi) is 7.32. The number of hydrogen-bond acceptors (Lipinski definition) is 1. The molecule has 9 aromatic carbocycles. The van der Waals surface area contributed by atoms with Crippen molar-refractivity contribution in [1.29, 1.82) is 0 Å². The van der Waals surface area contributed by atoms with Crippen molar-refractivity contribution in [2.75, 3.05) is 4.90 Å². The van der Waals surface area contributed by atoms with Gasteiger partial charge < -0.3 is 4.90 Å². The molecular weight excluding hydrogens is 687 g/mol. The van der Waals surface area contributed by atoms with E-state index in [9.17, 15) is 0 Å². The molecule has 9 aromatic rings. The lowest BCUT2D eigenvalue weighted by molar-refractivity contribution is 0.660. The zero-order valence-electron chi connectivity index (χ0n) is 32.8. The summed E-state index contributed by atoms with van der Waals surface area (Å²) in [6.07, 6.45) is 0. The first-order chi connectivity index (χ1) is 27.8. The standard InChI is InChI=1S/C56H43N/c1-55(2)48-26-11-7-20-41(48)43-33-32-37(35-50(43)55)39-19-9-13-28-51(39)57(53-30-16-23-40-38-18-6-5-17-36(38)31-34-45(40)53)52-29-14-10-22-44(52)47-25-15-24-46-42-21-8-12-27-49(42)56(3,4)54(46)47/h5-35H,1-4H3. The first kappa shape index (κ1) is 33.6. The van der Waals surface area contributed by atoms with Crippen molar-refractivity contribution in [2.24, 2.45) is 0 Å². The number of fused-ring (bicyclic) bond motifs is 9. The van der Waals surface area contributed by atoms with Crippen LogP contribution in [0, 0.1) is 0 Å². The van der Waals surface area contributed by atoms with Gasteiger partial charge in [0.25, 0.3) is 0 Å². The van der Waals surface area contributed by atoms with Crippen molar-refractivity contribution in [2.45, 2.75) is 38.5 Å². The Morgan fingerprint density at radius 1 is 0.316 bits per heavy atom. The van der Waals surface area contributed by atoms with Crippen LogP contribution in [0.5, 0.6) is 0 Å². The van der Waals surface area contributed by atoms with Crippen molar-refractivity contribution in [3.8, 4) is 44.5 Å². The SMILES string of the molecule is CC1(C)c2ccccc2-c2ccc(-c3ccccc3N(c3ccccc3-c3cccc4c3C(C)(C)c3ccccc3-4)c3cccc4c3ccc3ccccc34)cc21. The largest absolute Gasteiger partial charge is 0.309 e. The van der Waals surface area contributed by atoms with E-state index in [0.717, 1.165) is 17.1 Å². The Morgan fingerprint density at radius 3 is 1.60 bits per heavy atom. The van der Waals surface area contributed by atoms with Gasteiger partial charge in [-0.3, -0.25) is 0 Å². The molecule has 0 unspecified atom stereocenters. The maximum atomic E-state index is 2.55. The molecule has 2 aliphatic rings. The van der Waals surface area contributed by atoms with E-state index < -0.39 is 0 Å². The van der Waals surface area contributed by atoms with Crippen LogP contribution >= 0.6 is 0 Å². The molecule has 11 rings (SSSR count). The van der Waals surface area contributed by atoms with Crippen molar-refractivity contribution >= 4 is 38.6 Å². The van der Waals surface area contributed by atoms with Gasteiger partial charge in [-0.15, -0.1) is 0 Å². The van der Waals surface area contributed by atoms with Crippen LogP contribution in [0.2, 0.25) is 0 Å². The van der Waals surface area contributed by atoms with Crippen LogP contribution in [0.3, 0.4) is 0 Å². The minimum atomic E-state index is -0.161. The molecule has 0 bridgehead atoms. The second-order valence-electron chi connectivity index (χ2n) is 16.9. The van der Waals surface area contributed by atoms with E-state index in [-0.39, 0.29) is 10.8 Å². The topological polar surface area (TPSA) is 3.24 Å². The summed E-state index contributed by atoms with van der Waals surface area (Å²) in [5.41, 5.74) is 19.0. The third-order valence-electron chi connectivity index (χ3n) is 13.1. The summed E-state index contributed by atoms with van der Waals surface area (Å²) in [7, 11) is 0. The summed E-state index contributed by atoms with van der Waals surface area (Å²) in [4.78, 5) is 2.55. The fraction of sp³-hybridized carbons (Fsp3) is 0.107. The lowest BCUT2D eigenvalue weighted by atomic mass is 9.78. The molecule has 0 fully saturated rings. The van der Waals surface area contributed by atoms with E-state index in [4.69, 9.17) is 0 Å². The summed E-state index contributed by atoms with van der Waals surface area (Å²) in [6.45, 7) is 9.52. The Balaban J connectivity index is 1.18. The van der Waals surface area contributed by atoms with E-state index in [1.807, 2.05) is 0 Å². The Hall–Kier alpha value is -6.70. The number of hydrogen-bond donors (Lipinski definition) is 0. The quantitative estimate of drug-likeness (QED) is 0.159. The fourth-order valence-electron chi connectivity index (χ4n) is 10.4. The van der Waals surface area contributed by atoms with Crippen molar-refractivity contribution in [3.05, 3.63) is 210 Å². The summed E-state index contributed by atoms with van der Waals surface area (Å²) < 4.78 is 0. The normalized spacial score (nSPS) is 14.2. The van der Waals surface area contributed by atoms with Crippen LogP contribution in [-0.4, -0.2) is 0 Å². The molecule has 1 heteroatoms. The fourth-order valence-corrected chi connectivity index (χ4v) is 10.4. The average Bonchev–Trinajstić information content (AvgIpc) is 3.63. The number of benzene rings is 9. The minimum Gasteiger partial charge on any atom is -0.309 e. The molecule has 57 heavy (non-hydrogen) atoms. The highest BCUT2D eigenvalue weighted by Gasteiger charge is 2.38. The first-order valence-electron chi connectivity index (χ1n) is 20.2. The van der Waals surface area contributed by atoms with Crippen LogP contribution in [0.25, 0.3) is 66.1 Å². The molecule has 1 nitrogen and oxygen atoms in total. The second-order valence-corrected chi connectivity index (χ2v) is 16.9. The molecular formula is C56H43N. The molecule has 0 saturated carbocycles. The highest BCUT2D eigenvalue weighted by Crippen LogP contribution is 2.55. The third kappa shape index (κ3) is 4.88. The van der Waals surface area contributed by atoms with Crippen LogP contribution in [0.15, 0.2) is 188 Å². The minimum absolute atomic E-state index is 0.0993. The molecule has 0 radical (unpaired) electrons. The van der Waals surface area contributed by atoms with Gasteiger partial charge >= 0.3 is 0 Å². The zero-order chi connectivity index (χ0) is 38.5. The molecule has 0 atom stereocenters. The van der Waals surface area contributed by atoms with Gasteiger partial charge in [0.1, 0.15) is 0 Å². The van der Waals surface area contributed by atoms with E-state index >= 15 is 0 Å². The summed E-state index contributed by atoms with van der Waals surface area (Å²) in [5.74, 6) is 0. The molecule has 0 aromatic heterocycles. The van der Waals surface area contributed by atoms with E-state index in [2.05, 4.69) is 221 Å². The van der Waals surface area contributed by atoms with Crippen molar-refractivity contribution in [1.82, 2.24) is 0 Å². The highest BCUT2D eigenvalue weighted by atomic mass is 15.1. The van der Waals surface area contributed by atoms with Gasteiger partial charge in [0.05, 0.1) is 17.1 Å². The average molecular weight is 730 g/mol. The van der Waals surface area contributed by atoms with Crippen molar-refractivity contribution in [3.63, 3.8) is 0 Å². The smallest absolute Gasteiger partial charge is 0.0540 e. The van der Waals surface area contributed by atoms with Crippen LogP contribution in [-0.2, 0) is 10.8 Å². The molecule has 0 spiro atoms. The Bertz CT molecular complexity index is 3090. The number of nitrogens with zero attached hydrogens (tertiary/aromatic N) is 1. The second kappa shape index (κ2) is 12.4. The van der Waals surface area contributed by atoms with E-state index in [0.29, 0.717) is 0 Å². The van der Waals surface area contributed by atoms with Gasteiger partial charge in [0.2, 0.25) is 0 Å². The molecule has 0 heterocycles. The predicted molar refractivity (Wildman–Crippen MR) is 242 cm³/mol. The summed E-state index contributed by atoms with van der Waals surface area (Å²) in [5, 5.41) is 4.98. The highest BCUT2D eigenvalue weighted by molar-refractivity contribution is 6.13. The molecule has 0 saturated heterocycles. The molecule has 2 aliphatic carbocycles. The monoisotopic (exact) mass is 729 g/mol. The number of para-hydroxylation sites is 2. The Labute approximate surface area is 335 Å².